The molecule has 0 saturated heterocycles. The maximum atomic E-state index is 11.5. The molecule has 9 aromatic rings. The van der Waals surface area contributed by atoms with Crippen LogP contribution in [0, 0.1) is 34.6 Å². The quantitative estimate of drug-likeness (QED) is 0.181. The summed E-state index contributed by atoms with van der Waals surface area (Å²) < 4.78 is 6.37. The number of rotatable bonds is 6. The fourth-order valence-corrected chi connectivity index (χ4v) is 8.65. The zero-order valence-electron chi connectivity index (χ0n) is 36.3. The van der Waals surface area contributed by atoms with Gasteiger partial charge in [0, 0.05) is 47.7 Å². The number of pyridine rings is 3. The van der Waals surface area contributed by atoms with Gasteiger partial charge in [0.05, 0.1) is 10.9 Å². The summed E-state index contributed by atoms with van der Waals surface area (Å²) in [6, 6.07) is 42.5. The number of aryl methyl sites for hydroxylation is 1. The third-order valence-electron chi connectivity index (χ3n) is 12.3. The van der Waals surface area contributed by atoms with E-state index in [-0.39, 0.29) is 48.4 Å². The van der Waals surface area contributed by atoms with Gasteiger partial charge in [-0.15, -0.1) is 37.2 Å². The predicted molar refractivity (Wildman–Crippen MR) is 262 cm³/mol. The Hall–Kier alpha value is -5.98. The number of phenolic OH excluding ortho intramolecular Hbond substituents is 1. The third-order valence-corrected chi connectivity index (χ3v) is 12.3. The van der Waals surface area contributed by atoms with Crippen LogP contribution in [0.25, 0.3) is 89.1 Å². The Morgan fingerprint density at radius 2 is 1.11 bits per heavy atom. The Bertz CT molecular complexity index is 3090. The van der Waals surface area contributed by atoms with Crippen molar-refractivity contribution in [2.24, 2.45) is 0 Å². The number of hydrogen-bond donors (Lipinski definition) is 1. The Balaban J connectivity index is 0.00000214. The van der Waals surface area contributed by atoms with E-state index in [4.69, 9.17) is 4.42 Å². The predicted octanol–water partition coefficient (Wildman–Crippen LogP) is 13.8. The molecule has 62 heavy (non-hydrogen) atoms. The summed E-state index contributed by atoms with van der Waals surface area (Å²) >= 11 is 0. The van der Waals surface area contributed by atoms with Gasteiger partial charge in [-0.1, -0.05) is 69.3 Å². The number of halogens is 3. The van der Waals surface area contributed by atoms with Crippen molar-refractivity contribution in [3.8, 4) is 72.8 Å². The number of aromatic nitrogens is 3. The van der Waals surface area contributed by atoms with Crippen LogP contribution in [0.15, 0.2) is 138 Å². The SMILES string of the molecule is Cc1ccc2c([nH+]1)oc1c(-c3ccc(-c4ccccc4-c4cc(O)cc(-c5c(C)c(C)c(C)c(C)c5-c5ccc(-c6cc(C(C)(C)C)cc[nH+]6)cc5)c4)c[nH+]3)cccc12.Cl.Cl.Cl. The molecule has 4 N–H and O–H groups in total. The van der Waals surface area contributed by atoms with Gasteiger partial charge in [-0.05, 0) is 148 Å². The minimum Gasteiger partial charge on any atom is -0.508 e. The molecule has 0 aliphatic carbocycles. The zero-order valence-corrected chi connectivity index (χ0v) is 38.7. The summed E-state index contributed by atoms with van der Waals surface area (Å²) in [4.78, 5) is 10.4. The second-order valence-electron chi connectivity index (χ2n) is 17.0. The fourth-order valence-electron chi connectivity index (χ4n) is 8.65. The molecule has 8 heteroatoms. The number of aromatic amines is 3. The molecule has 0 saturated carbocycles. The van der Waals surface area contributed by atoms with Crippen LogP contribution in [0.2, 0.25) is 0 Å². The lowest BCUT2D eigenvalue weighted by Gasteiger charge is -2.22. The number of hydrogen-bond acceptors (Lipinski definition) is 2. The maximum Gasteiger partial charge on any atom is 0.380 e. The second-order valence-corrected chi connectivity index (χ2v) is 17.0. The largest absolute Gasteiger partial charge is 0.508 e. The smallest absolute Gasteiger partial charge is 0.380 e. The summed E-state index contributed by atoms with van der Waals surface area (Å²) in [6.07, 6.45) is 4.10. The van der Waals surface area contributed by atoms with Crippen LogP contribution in [0.3, 0.4) is 0 Å². The van der Waals surface area contributed by atoms with Crippen molar-refractivity contribution in [3.05, 3.63) is 167 Å². The standard InChI is InChI=1S/C54H47N3O2.3ClH/c1-31-16-22-46-45-14-11-15-47(52(45)59-53(46)57-31)48-23-21-38(30-56-48)43-12-9-10-13-44(43)39-26-40(28-42(58)27-39)51-35(5)33(3)32(2)34(4)50(51)37-19-17-36(18-20-37)49-29-41(24-25-55-49)54(6,7)8;;;/h9-30,58H,1-8H3;3*1H/p+3. The van der Waals surface area contributed by atoms with Gasteiger partial charge in [-0.3, -0.25) is 0 Å². The highest BCUT2D eigenvalue weighted by Crippen LogP contribution is 2.44. The maximum absolute atomic E-state index is 11.5. The van der Waals surface area contributed by atoms with Gasteiger partial charge in [-0.2, -0.15) is 4.98 Å². The molecular formula is C54H53Cl3N3O2+3. The summed E-state index contributed by atoms with van der Waals surface area (Å²) in [5.74, 6) is 0.228. The summed E-state index contributed by atoms with van der Waals surface area (Å²) in [6.45, 7) is 17.6. The molecule has 0 atom stereocenters. The van der Waals surface area contributed by atoms with E-state index >= 15 is 0 Å². The van der Waals surface area contributed by atoms with Crippen LogP contribution in [0.4, 0.5) is 0 Å². The number of H-pyrrole nitrogens is 3. The van der Waals surface area contributed by atoms with Gasteiger partial charge in [0.1, 0.15) is 5.75 Å². The van der Waals surface area contributed by atoms with E-state index < -0.39 is 0 Å². The minimum atomic E-state index is 0. The van der Waals surface area contributed by atoms with Crippen LogP contribution < -0.4 is 15.0 Å². The van der Waals surface area contributed by atoms with Crippen molar-refractivity contribution < 1.29 is 24.5 Å². The van der Waals surface area contributed by atoms with Gasteiger partial charge in [0.15, 0.2) is 23.7 Å². The molecule has 5 aromatic carbocycles. The molecule has 0 fully saturated rings. The second kappa shape index (κ2) is 17.8. The third kappa shape index (κ3) is 8.21. The van der Waals surface area contributed by atoms with Crippen LogP contribution in [-0.2, 0) is 5.41 Å². The van der Waals surface area contributed by atoms with E-state index in [9.17, 15) is 5.11 Å². The molecule has 9 rings (SSSR count). The van der Waals surface area contributed by atoms with Gasteiger partial charge >= 0.3 is 5.71 Å². The molecular weight excluding hydrogens is 829 g/mol. The number of aromatic hydroxyl groups is 1. The number of nitrogens with one attached hydrogen (secondary N) is 3. The number of furan rings is 1. The minimum absolute atomic E-state index is 0. The van der Waals surface area contributed by atoms with Crippen LogP contribution in [0.5, 0.6) is 5.75 Å². The van der Waals surface area contributed by atoms with Crippen molar-refractivity contribution in [1.82, 2.24) is 0 Å². The first-order chi connectivity index (χ1) is 28.4. The molecule has 0 spiro atoms. The lowest BCUT2D eigenvalue weighted by Crippen LogP contribution is -2.15. The van der Waals surface area contributed by atoms with Crippen LogP contribution in [-0.4, -0.2) is 5.11 Å². The lowest BCUT2D eigenvalue weighted by atomic mass is 9.81. The van der Waals surface area contributed by atoms with Gasteiger partial charge in [0.25, 0.3) is 0 Å². The average molecular weight is 882 g/mol. The van der Waals surface area contributed by atoms with Gasteiger partial charge in [0.2, 0.25) is 11.4 Å². The molecule has 0 radical (unpaired) electrons. The van der Waals surface area contributed by atoms with E-state index in [2.05, 4.69) is 179 Å². The van der Waals surface area contributed by atoms with Gasteiger partial charge < -0.3 is 9.52 Å². The highest BCUT2D eigenvalue weighted by atomic mass is 35.5. The zero-order chi connectivity index (χ0) is 41.2. The molecule has 0 aliphatic rings. The van der Waals surface area contributed by atoms with Crippen molar-refractivity contribution >= 4 is 59.3 Å². The van der Waals surface area contributed by atoms with Crippen LogP contribution in [0.1, 0.15) is 54.3 Å². The molecule has 0 aliphatic heterocycles. The van der Waals surface area contributed by atoms with E-state index in [0.29, 0.717) is 0 Å². The van der Waals surface area contributed by atoms with E-state index in [1.807, 2.05) is 25.3 Å². The monoisotopic (exact) mass is 880 g/mol. The highest BCUT2D eigenvalue weighted by molar-refractivity contribution is 6.07. The van der Waals surface area contributed by atoms with Crippen molar-refractivity contribution in [1.29, 1.82) is 0 Å². The topological polar surface area (TPSA) is 75.8 Å². The number of benzene rings is 5. The summed E-state index contributed by atoms with van der Waals surface area (Å²) in [5.41, 5.74) is 21.8. The van der Waals surface area contributed by atoms with Gasteiger partial charge in [-0.25, -0.2) is 9.97 Å². The Morgan fingerprint density at radius 3 is 1.77 bits per heavy atom. The Kier molecular flexibility index (Phi) is 13.1. The average Bonchev–Trinajstić information content (AvgIpc) is 3.61. The number of fused-ring (bicyclic) bond motifs is 3. The molecule has 0 bridgehead atoms. The molecule has 314 valence electrons. The first kappa shape index (κ1) is 45.5. The molecule has 4 heterocycles. The molecule has 0 unspecified atom stereocenters. The van der Waals surface area contributed by atoms with E-state index in [1.54, 1.807) is 0 Å². The fraction of sp³-hybridized carbons (Fsp3) is 0.167. The Labute approximate surface area is 382 Å². The lowest BCUT2D eigenvalue weighted by molar-refractivity contribution is -0.365. The van der Waals surface area contributed by atoms with Crippen molar-refractivity contribution in [2.45, 2.75) is 60.8 Å². The van der Waals surface area contributed by atoms with E-state index in [0.717, 1.165) is 89.2 Å². The summed E-state index contributed by atoms with van der Waals surface area (Å²) in [5, 5.41) is 13.6. The highest BCUT2D eigenvalue weighted by Gasteiger charge is 2.23. The normalized spacial score (nSPS) is 11.2. The van der Waals surface area contributed by atoms with Crippen LogP contribution >= 0.6 is 37.2 Å². The first-order valence-electron chi connectivity index (χ1n) is 20.4. The van der Waals surface area contributed by atoms with Crippen molar-refractivity contribution in [3.63, 3.8) is 0 Å². The Morgan fingerprint density at radius 1 is 0.500 bits per heavy atom. The van der Waals surface area contributed by atoms with Crippen molar-refractivity contribution in [2.75, 3.05) is 0 Å². The number of phenols is 1. The molecule has 5 nitrogen and oxygen atoms in total. The van der Waals surface area contributed by atoms with E-state index in [1.165, 1.54) is 33.4 Å². The number of para-hydroxylation sites is 1. The molecule has 4 aromatic heterocycles. The summed E-state index contributed by atoms with van der Waals surface area (Å²) in [7, 11) is 0. The molecule has 0 amide bonds. The first-order valence-corrected chi connectivity index (χ1v) is 20.4.